The number of aromatic nitrogens is 2. The van der Waals surface area contributed by atoms with Crippen LogP contribution in [-0.4, -0.2) is 20.7 Å². The normalized spacial score (nSPS) is 16.3. The molecule has 0 saturated carbocycles. The maximum atomic E-state index is 12.1. The van der Waals surface area contributed by atoms with Gasteiger partial charge in [0.1, 0.15) is 0 Å². The van der Waals surface area contributed by atoms with Crippen molar-refractivity contribution in [1.82, 2.24) is 20.4 Å². The third kappa shape index (κ3) is 3.37. The second kappa shape index (κ2) is 6.69. The molecule has 1 atom stereocenters. The molecule has 0 spiro atoms. The van der Waals surface area contributed by atoms with E-state index >= 15 is 0 Å². The molecular weight excluding hydrogens is 310 g/mol. The number of nitro benzene ring substituents is 1. The lowest BCUT2D eigenvalue weighted by molar-refractivity contribution is -0.384. The summed E-state index contributed by atoms with van der Waals surface area (Å²) < 4.78 is 1.85. The Kier molecular flexibility index (Phi) is 4.45. The quantitative estimate of drug-likeness (QED) is 0.663. The van der Waals surface area contributed by atoms with Crippen molar-refractivity contribution in [2.45, 2.75) is 31.8 Å². The van der Waals surface area contributed by atoms with E-state index in [4.69, 9.17) is 0 Å². The lowest BCUT2D eigenvalue weighted by atomic mass is 9.93. The maximum absolute atomic E-state index is 12.1. The Labute approximate surface area is 139 Å². The van der Waals surface area contributed by atoms with E-state index in [1.54, 1.807) is 18.3 Å². The van der Waals surface area contributed by atoms with E-state index in [0.29, 0.717) is 5.56 Å². The molecule has 0 radical (unpaired) electrons. The minimum absolute atomic E-state index is 0.0157. The van der Waals surface area contributed by atoms with Crippen molar-refractivity contribution in [1.29, 1.82) is 0 Å². The van der Waals surface area contributed by atoms with Gasteiger partial charge in [0.05, 0.1) is 17.2 Å². The third-order valence-corrected chi connectivity index (χ3v) is 4.26. The van der Waals surface area contributed by atoms with Crippen LogP contribution in [0.5, 0.6) is 0 Å². The topological polar surface area (TPSA) is 102 Å². The molecular formula is C16H19N5O3. The number of nitro groups is 1. The number of carbonyl (C=O) groups excluding carboxylic acids is 1. The van der Waals surface area contributed by atoms with Gasteiger partial charge in [0, 0.05) is 37.0 Å². The largest absolute Gasteiger partial charge is 0.334 e. The van der Waals surface area contributed by atoms with Crippen LogP contribution in [0.4, 0.5) is 10.5 Å². The first-order valence-corrected chi connectivity index (χ1v) is 7.83. The molecule has 8 nitrogen and oxygen atoms in total. The summed E-state index contributed by atoms with van der Waals surface area (Å²) in [6.07, 6.45) is 4.66. The fourth-order valence-corrected chi connectivity index (χ4v) is 3.03. The van der Waals surface area contributed by atoms with Crippen LogP contribution in [0.1, 0.15) is 35.7 Å². The molecule has 126 valence electrons. The Morgan fingerprint density at radius 3 is 3.12 bits per heavy atom. The number of nitrogens with zero attached hydrogens (tertiary/aromatic N) is 3. The number of nitrogens with one attached hydrogen (secondary N) is 2. The van der Waals surface area contributed by atoms with Gasteiger partial charge in [-0.1, -0.05) is 12.1 Å². The molecule has 24 heavy (non-hydrogen) atoms. The number of non-ortho nitro benzene ring substituents is 1. The molecule has 8 heteroatoms. The summed E-state index contributed by atoms with van der Waals surface area (Å²) in [6, 6.07) is 5.90. The van der Waals surface area contributed by atoms with Gasteiger partial charge in [-0.3, -0.25) is 14.8 Å². The summed E-state index contributed by atoms with van der Waals surface area (Å²) in [5.74, 6) is 0. The average molecular weight is 329 g/mol. The van der Waals surface area contributed by atoms with Crippen LogP contribution in [0.25, 0.3) is 0 Å². The smallest absolute Gasteiger partial charge is 0.315 e. The molecule has 0 bridgehead atoms. The predicted molar refractivity (Wildman–Crippen MR) is 87.4 cm³/mol. The minimum Gasteiger partial charge on any atom is -0.334 e. The number of benzene rings is 1. The van der Waals surface area contributed by atoms with Crippen LogP contribution in [0.3, 0.4) is 0 Å². The Hall–Kier alpha value is -2.90. The highest BCUT2D eigenvalue weighted by molar-refractivity contribution is 5.74. The van der Waals surface area contributed by atoms with Gasteiger partial charge in [-0.05, 0) is 24.8 Å². The zero-order valence-electron chi connectivity index (χ0n) is 13.4. The molecule has 0 saturated heterocycles. The molecule has 1 aliphatic carbocycles. The summed E-state index contributed by atoms with van der Waals surface area (Å²) >= 11 is 0. The van der Waals surface area contributed by atoms with Crippen molar-refractivity contribution in [2.75, 3.05) is 0 Å². The fourth-order valence-electron chi connectivity index (χ4n) is 3.03. The Balaban J connectivity index is 1.59. The van der Waals surface area contributed by atoms with E-state index in [2.05, 4.69) is 15.7 Å². The zero-order valence-corrected chi connectivity index (χ0v) is 13.4. The number of carbonyl (C=O) groups is 1. The van der Waals surface area contributed by atoms with Crippen molar-refractivity contribution in [3.8, 4) is 0 Å². The van der Waals surface area contributed by atoms with Crippen LogP contribution in [-0.2, 0) is 20.0 Å². The molecule has 1 aromatic carbocycles. The maximum Gasteiger partial charge on any atom is 0.315 e. The monoisotopic (exact) mass is 329 g/mol. The molecule has 0 fully saturated rings. The number of aryl methyl sites for hydroxylation is 1. The molecule has 2 amide bonds. The second-order valence-electron chi connectivity index (χ2n) is 5.87. The fraction of sp³-hybridized carbons (Fsp3) is 0.375. The number of urea groups is 1. The summed E-state index contributed by atoms with van der Waals surface area (Å²) in [5, 5.41) is 20.7. The number of hydrogen-bond donors (Lipinski definition) is 2. The molecule has 1 aromatic heterocycles. The van der Waals surface area contributed by atoms with Gasteiger partial charge in [-0.25, -0.2) is 4.79 Å². The third-order valence-electron chi connectivity index (χ3n) is 4.26. The van der Waals surface area contributed by atoms with E-state index in [1.165, 1.54) is 12.1 Å². The summed E-state index contributed by atoms with van der Waals surface area (Å²) in [7, 11) is 1.91. The van der Waals surface area contributed by atoms with Crippen molar-refractivity contribution in [3.63, 3.8) is 0 Å². The van der Waals surface area contributed by atoms with Gasteiger partial charge in [-0.15, -0.1) is 0 Å². The summed E-state index contributed by atoms with van der Waals surface area (Å²) in [5.41, 5.74) is 2.92. The molecule has 0 unspecified atom stereocenters. The lowest BCUT2D eigenvalue weighted by Gasteiger charge is -2.24. The number of hydrogen-bond acceptors (Lipinski definition) is 4. The standard InChI is InChI=1S/C16H19N5O3/c1-20-15-7-3-6-14(13(15)10-18-20)19-16(22)17-9-11-4-2-5-12(8-11)21(23)24/h2,4-5,8,10,14H,3,6-7,9H2,1H3,(H2,17,19,22)/t14-/m0/s1. The number of amides is 2. The van der Waals surface area contributed by atoms with E-state index in [-0.39, 0.29) is 24.3 Å². The van der Waals surface area contributed by atoms with Crippen molar-refractivity contribution in [3.05, 3.63) is 57.4 Å². The van der Waals surface area contributed by atoms with Gasteiger partial charge < -0.3 is 10.6 Å². The first-order chi connectivity index (χ1) is 11.5. The van der Waals surface area contributed by atoms with Crippen LogP contribution < -0.4 is 10.6 Å². The molecule has 0 aliphatic heterocycles. The van der Waals surface area contributed by atoms with Crippen LogP contribution in [0.15, 0.2) is 30.5 Å². The Bertz CT molecular complexity index is 771. The van der Waals surface area contributed by atoms with E-state index in [9.17, 15) is 14.9 Å². The number of rotatable bonds is 4. The summed E-state index contributed by atoms with van der Waals surface area (Å²) in [6.45, 7) is 0.236. The Morgan fingerprint density at radius 1 is 1.50 bits per heavy atom. The SMILES string of the molecule is Cn1ncc2c1CCC[C@@H]2NC(=O)NCc1cccc([N+](=O)[O-])c1. The summed E-state index contributed by atoms with van der Waals surface area (Å²) in [4.78, 5) is 22.5. The van der Waals surface area contributed by atoms with Gasteiger partial charge in [0.2, 0.25) is 0 Å². The average Bonchev–Trinajstić information content (AvgIpc) is 2.96. The van der Waals surface area contributed by atoms with Gasteiger partial charge >= 0.3 is 6.03 Å². The highest BCUT2D eigenvalue weighted by Crippen LogP contribution is 2.28. The van der Waals surface area contributed by atoms with Crippen molar-refractivity contribution >= 4 is 11.7 Å². The highest BCUT2D eigenvalue weighted by atomic mass is 16.6. The zero-order chi connectivity index (χ0) is 17.1. The molecule has 1 aliphatic rings. The molecule has 3 rings (SSSR count). The van der Waals surface area contributed by atoms with Crippen molar-refractivity contribution in [2.24, 2.45) is 7.05 Å². The van der Waals surface area contributed by atoms with Crippen molar-refractivity contribution < 1.29 is 9.72 Å². The van der Waals surface area contributed by atoms with Gasteiger partial charge in [-0.2, -0.15) is 5.10 Å². The first kappa shape index (κ1) is 16.0. The first-order valence-electron chi connectivity index (χ1n) is 7.83. The van der Waals surface area contributed by atoms with Gasteiger partial charge in [0.15, 0.2) is 0 Å². The predicted octanol–water partition coefficient (Wildman–Crippen LogP) is 2.21. The number of fused-ring (bicyclic) bond motifs is 1. The second-order valence-corrected chi connectivity index (χ2v) is 5.87. The highest BCUT2D eigenvalue weighted by Gasteiger charge is 2.24. The molecule has 2 aromatic rings. The lowest BCUT2D eigenvalue weighted by Crippen LogP contribution is -2.38. The van der Waals surface area contributed by atoms with Crippen LogP contribution in [0, 0.1) is 10.1 Å². The Morgan fingerprint density at radius 2 is 2.33 bits per heavy atom. The molecule has 1 heterocycles. The van der Waals surface area contributed by atoms with E-state index in [0.717, 1.165) is 30.5 Å². The minimum atomic E-state index is -0.449. The van der Waals surface area contributed by atoms with E-state index in [1.807, 2.05) is 11.7 Å². The van der Waals surface area contributed by atoms with E-state index < -0.39 is 4.92 Å². The van der Waals surface area contributed by atoms with Gasteiger partial charge in [0.25, 0.3) is 5.69 Å². The molecule has 2 N–H and O–H groups in total. The van der Waals surface area contributed by atoms with Crippen LogP contribution >= 0.6 is 0 Å². The van der Waals surface area contributed by atoms with Crippen LogP contribution in [0.2, 0.25) is 0 Å².